The van der Waals surface area contributed by atoms with Crippen LogP contribution in [0.2, 0.25) is 0 Å². The van der Waals surface area contributed by atoms with Crippen LogP contribution in [0.3, 0.4) is 0 Å². The summed E-state index contributed by atoms with van der Waals surface area (Å²) in [7, 11) is 0. The van der Waals surface area contributed by atoms with Gasteiger partial charge >= 0.3 is 0 Å². The Morgan fingerprint density at radius 1 is 0.966 bits per heavy atom. The molecule has 0 amide bonds. The largest absolute Gasteiger partial charge is 0.394 e. The van der Waals surface area contributed by atoms with Crippen molar-refractivity contribution in [2.75, 3.05) is 13.2 Å². The standard InChI is InChI=1S/C24H30O5/c1-24(2)28-21(14-9-15-26-17-19-10-5-3-6-11-19)23(29-24)22(16-25)27-18-20-12-7-4-8-13-20/h3-14,21-23,25H,15-18H2,1-2H3/b14-9-/t21-,22+,23-/m0/s1. The maximum Gasteiger partial charge on any atom is 0.164 e. The van der Waals surface area contributed by atoms with E-state index >= 15 is 0 Å². The Morgan fingerprint density at radius 2 is 1.59 bits per heavy atom. The van der Waals surface area contributed by atoms with Gasteiger partial charge in [0.2, 0.25) is 0 Å². The van der Waals surface area contributed by atoms with E-state index in [0.717, 1.165) is 11.1 Å². The molecule has 0 bridgehead atoms. The quantitative estimate of drug-likeness (QED) is 0.487. The molecule has 5 heteroatoms. The second-order valence-corrected chi connectivity index (χ2v) is 7.51. The normalized spacial score (nSPS) is 22.2. The lowest BCUT2D eigenvalue weighted by Gasteiger charge is -2.24. The Morgan fingerprint density at radius 3 is 2.21 bits per heavy atom. The van der Waals surface area contributed by atoms with Crippen LogP contribution in [0.25, 0.3) is 0 Å². The highest BCUT2D eigenvalue weighted by molar-refractivity contribution is 5.14. The number of aliphatic hydroxyl groups excluding tert-OH is 1. The van der Waals surface area contributed by atoms with Gasteiger partial charge < -0.3 is 24.1 Å². The molecule has 2 aromatic rings. The zero-order valence-electron chi connectivity index (χ0n) is 17.1. The molecule has 0 aliphatic carbocycles. The average Bonchev–Trinajstić information content (AvgIpc) is 3.04. The summed E-state index contributed by atoms with van der Waals surface area (Å²) in [6.07, 6.45) is 2.65. The van der Waals surface area contributed by atoms with Crippen LogP contribution < -0.4 is 0 Å². The summed E-state index contributed by atoms with van der Waals surface area (Å²) < 4.78 is 23.7. The number of hydrogen-bond acceptors (Lipinski definition) is 5. The zero-order valence-corrected chi connectivity index (χ0v) is 17.1. The summed E-state index contributed by atoms with van der Waals surface area (Å²) in [6.45, 7) is 5.02. The van der Waals surface area contributed by atoms with Gasteiger partial charge in [0.15, 0.2) is 5.79 Å². The molecule has 1 aliphatic rings. The van der Waals surface area contributed by atoms with E-state index in [-0.39, 0.29) is 12.7 Å². The minimum Gasteiger partial charge on any atom is -0.394 e. The zero-order chi connectivity index (χ0) is 20.5. The molecule has 1 N–H and O–H groups in total. The molecule has 1 fully saturated rings. The Balaban J connectivity index is 1.53. The highest BCUT2D eigenvalue weighted by atomic mass is 16.8. The molecule has 0 radical (unpaired) electrons. The van der Waals surface area contributed by atoms with Crippen LogP contribution in [0.5, 0.6) is 0 Å². The molecule has 1 saturated heterocycles. The first kappa shape index (κ1) is 21.7. The van der Waals surface area contributed by atoms with E-state index in [1.165, 1.54) is 0 Å². The van der Waals surface area contributed by atoms with Gasteiger partial charge in [0.1, 0.15) is 18.3 Å². The van der Waals surface area contributed by atoms with Crippen molar-refractivity contribution in [2.45, 2.75) is 51.2 Å². The molecule has 0 unspecified atom stereocenters. The van der Waals surface area contributed by atoms with Crippen molar-refractivity contribution in [3.05, 3.63) is 83.9 Å². The summed E-state index contributed by atoms with van der Waals surface area (Å²) >= 11 is 0. The number of rotatable bonds is 10. The molecule has 29 heavy (non-hydrogen) atoms. The summed E-state index contributed by atoms with van der Waals surface area (Å²) in [5.41, 5.74) is 2.18. The van der Waals surface area contributed by atoms with Crippen LogP contribution in [0.1, 0.15) is 25.0 Å². The fourth-order valence-electron chi connectivity index (χ4n) is 3.29. The first-order valence-corrected chi connectivity index (χ1v) is 9.98. The van der Waals surface area contributed by atoms with Gasteiger partial charge in [-0.3, -0.25) is 0 Å². The van der Waals surface area contributed by atoms with Crippen LogP contribution in [0.4, 0.5) is 0 Å². The Hall–Kier alpha value is -2.02. The summed E-state index contributed by atoms with van der Waals surface area (Å²) in [6, 6.07) is 19.9. The van der Waals surface area contributed by atoms with Crippen molar-refractivity contribution in [3.8, 4) is 0 Å². The van der Waals surface area contributed by atoms with E-state index in [1.807, 2.05) is 86.7 Å². The van der Waals surface area contributed by atoms with Gasteiger partial charge in [-0.25, -0.2) is 0 Å². The minimum absolute atomic E-state index is 0.147. The van der Waals surface area contributed by atoms with E-state index in [4.69, 9.17) is 18.9 Å². The highest BCUT2D eigenvalue weighted by Crippen LogP contribution is 2.32. The van der Waals surface area contributed by atoms with Crippen molar-refractivity contribution < 1.29 is 24.1 Å². The van der Waals surface area contributed by atoms with Crippen LogP contribution in [0, 0.1) is 0 Å². The second-order valence-electron chi connectivity index (χ2n) is 7.51. The Kier molecular flexibility index (Phi) is 7.98. The second kappa shape index (κ2) is 10.7. The summed E-state index contributed by atoms with van der Waals surface area (Å²) in [5.74, 6) is -0.742. The molecule has 3 rings (SSSR count). The van der Waals surface area contributed by atoms with E-state index in [2.05, 4.69) is 0 Å². The molecule has 1 heterocycles. The van der Waals surface area contributed by atoms with E-state index in [9.17, 15) is 5.11 Å². The van der Waals surface area contributed by atoms with Crippen LogP contribution in [0.15, 0.2) is 72.8 Å². The lowest BCUT2D eigenvalue weighted by Crippen LogP contribution is -2.39. The maximum absolute atomic E-state index is 9.88. The van der Waals surface area contributed by atoms with Crippen molar-refractivity contribution in [1.82, 2.24) is 0 Å². The number of ether oxygens (including phenoxy) is 4. The van der Waals surface area contributed by atoms with Gasteiger partial charge in [-0.1, -0.05) is 72.8 Å². The lowest BCUT2D eigenvalue weighted by molar-refractivity contribution is -0.163. The first-order valence-electron chi connectivity index (χ1n) is 9.98. The smallest absolute Gasteiger partial charge is 0.164 e. The molecule has 0 saturated carbocycles. The predicted molar refractivity (Wildman–Crippen MR) is 111 cm³/mol. The van der Waals surface area contributed by atoms with Gasteiger partial charge in [-0.15, -0.1) is 0 Å². The van der Waals surface area contributed by atoms with Gasteiger partial charge in [0, 0.05) is 0 Å². The van der Waals surface area contributed by atoms with Gasteiger partial charge in [0.05, 0.1) is 26.4 Å². The maximum atomic E-state index is 9.88. The van der Waals surface area contributed by atoms with Crippen LogP contribution >= 0.6 is 0 Å². The average molecular weight is 398 g/mol. The number of benzene rings is 2. The summed E-state index contributed by atoms with van der Waals surface area (Å²) in [4.78, 5) is 0. The predicted octanol–water partition coefficient (Wildman–Crippen LogP) is 3.86. The molecule has 0 spiro atoms. The fraction of sp³-hybridized carbons (Fsp3) is 0.417. The van der Waals surface area contributed by atoms with Gasteiger partial charge in [0.25, 0.3) is 0 Å². The van der Waals surface area contributed by atoms with Gasteiger partial charge in [-0.2, -0.15) is 0 Å². The molecule has 0 aromatic heterocycles. The highest BCUT2D eigenvalue weighted by Gasteiger charge is 2.44. The van der Waals surface area contributed by atoms with E-state index in [1.54, 1.807) is 0 Å². The van der Waals surface area contributed by atoms with Crippen molar-refractivity contribution in [2.24, 2.45) is 0 Å². The Labute approximate surface area is 172 Å². The first-order chi connectivity index (χ1) is 14.1. The third kappa shape index (κ3) is 6.77. The number of aliphatic hydroxyl groups is 1. The third-order valence-corrected chi connectivity index (χ3v) is 4.67. The SMILES string of the molecule is CC1(C)O[C@H]([C@@H](CO)OCc2ccccc2)[C@H](/C=C\COCc2ccccc2)O1. The molecular formula is C24H30O5. The fourth-order valence-corrected chi connectivity index (χ4v) is 3.29. The van der Waals surface area contributed by atoms with Crippen molar-refractivity contribution in [1.29, 1.82) is 0 Å². The van der Waals surface area contributed by atoms with E-state index < -0.39 is 18.0 Å². The minimum atomic E-state index is -0.742. The lowest BCUT2D eigenvalue weighted by atomic mass is 10.1. The molecule has 5 nitrogen and oxygen atoms in total. The van der Waals surface area contributed by atoms with E-state index in [0.29, 0.717) is 19.8 Å². The van der Waals surface area contributed by atoms with Crippen LogP contribution in [-0.2, 0) is 32.2 Å². The molecule has 1 aliphatic heterocycles. The van der Waals surface area contributed by atoms with Crippen molar-refractivity contribution >= 4 is 0 Å². The van der Waals surface area contributed by atoms with Crippen molar-refractivity contribution in [3.63, 3.8) is 0 Å². The molecule has 3 atom stereocenters. The molecular weight excluding hydrogens is 368 g/mol. The number of hydrogen-bond donors (Lipinski definition) is 1. The molecule has 156 valence electrons. The van der Waals surface area contributed by atoms with Gasteiger partial charge in [-0.05, 0) is 25.0 Å². The molecule has 2 aromatic carbocycles. The van der Waals surface area contributed by atoms with Crippen LogP contribution in [-0.4, -0.2) is 42.4 Å². The Bertz CT molecular complexity index is 744. The monoisotopic (exact) mass is 398 g/mol. The topological polar surface area (TPSA) is 57.2 Å². The summed E-state index contributed by atoms with van der Waals surface area (Å²) in [5, 5.41) is 9.88. The third-order valence-electron chi connectivity index (χ3n) is 4.67.